The zero-order valence-corrected chi connectivity index (χ0v) is 19.1. The van der Waals surface area contributed by atoms with Crippen LogP contribution in [0.25, 0.3) is 0 Å². The van der Waals surface area contributed by atoms with Gasteiger partial charge < -0.3 is 15.4 Å². The Morgan fingerprint density at radius 1 is 0.824 bits per heavy atom. The van der Waals surface area contributed by atoms with Crippen molar-refractivity contribution in [2.45, 2.75) is 52.6 Å². The summed E-state index contributed by atoms with van der Waals surface area (Å²) in [4.78, 5) is 35.9. The molecule has 0 saturated heterocycles. The average Bonchev–Trinajstić information content (AvgIpc) is 2.58. The lowest BCUT2D eigenvalue weighted by Gasteiger charge is -2.36. The Bertz CT molecular complexity index is 1070. The Labute approximate surface area is 189 Å². The van der Waals surface area contributed by atoms with Gasteiger partial charge in [-0.2, -0.15) is 34.8 Å². The Balaban J connectivity index is 3.95. The quantitative estimate of drug-likeness (QED) is 0.296. The molecule has 0 aliphatic rings. The summed E-state index contributed by atoms with van der Waals surface area (Å²) in [5.74, 6) is -6.78. The van der Waals surface area contributed by atoms with E-state index < -0.39 is 57.2 Å². The van der Waals surface area contributed by atoms with Crippen LogP contribution in [-0.4, -0.2) is 54.5 Å². The highest BCUT2D eigenvalue weighted by Crippen LogP contribution is 2.48. The highest BCUT2D eigenvalue weighted by Gasteiger charge is 2.76. The molecule has 0 aliphatic carbocycles. The molecule has 0 fully saturated rings. The van der Waals surface area contributed by atoms with Crippen molar-refractivity contribution in [1.82, 2.24) is 0 Å². The standard InChI is InChI=1S/C18H20F6N2O7S/c1-7-12(8(2)14(26-11(5)28)9(3)13(7)25-10(4)27)15(29)33-16(17(19,20)21,18(22,23)24)6-34(30,31)32/h6H2,1-5H3,(H,25,27)(H,26,28)(H,30,31,32). The normalized spacial score (nSPS) is 12.8. The van der Waals surface area contributed by atoms with Crippen LogP contribution in [0.3, 0.4) is 0 Å². The van der Waals surface area contributed by atoms with Crippen LogP contribution >= 0.6 is 0 Å². The summed E-state index contributed by atoms with van der Waals surface area (Å²) in [6.45, 7) is 5.55. The molecule has 1 aromatic carbocycles. The predicted octanol–water partition coefficient (Wildman–Crippen LogP) is 3.44. The number of ether oxygens (including phenoxy) is 1. The topological polar surface area (TPSA) is 139 Å². The van der Waals surface area contributed by atoms with Crippen molar-refractivity contribution in [2.75, 3.05) is 16.4 Å². The molecule has 34 heavy (non-hydrogen) atoms. The van der Waals surface area contributed by atoms with E-state index in [4.69, 9.17) is 4.55 Å². The summed E-state index contributed by atoms with van der Waals surface area (Å²) in [7, 11) is -5.98. The molecule has 3 N–H and O–H groups in total. The van der Waals surface area contributed by atoms with Crippen LogP contribution in [0.2, 0.25) is 0 Å². The summed E-state index contributed by atoms with van der Waals surface area (Å²) in [5, 5.41) is 4.52. The number of benzene rings is 1. The fourth-order valence-electron chi connectivity index (χ4n) is 3.19. The number of halogens is 6. The molecule has 1 rings (SSSR count). The fourth-order valence-corrected chi connectivity index (χ4v) is 4.09. The van der Waals surface area contributed by atoms with E-state index in [2.05, 4.69) is 15.4 Å². The van der Waals surface area contributed by atoms with Crippen LogP contribution < -0.4 is 10.6 Å². The molecule has 2 amide bonds. The number of carbonyl (C=O) groups is 3. The van der Waals surface area contributed by atoms with Crippen molar-refractivity contribution in [3.05, 3.63) is 22.3 Å². The number of nitrogens with one attached hydrogen (secondary N) is 2. The van der Waals surface area contributed by atoms with Crippen LogP contribution in [0.5, 0.6) is 0 Å². The van der Waals surface area contributed by atoms with Gasteiger partial charge >= 0.3 is 23.9 Å². The molecule has 16 heteroatoms. The Morgan fingerprint density at radius 2 is 1.18 bits per heavy atom. The van der Waals surface area contributed by atoms with Gasteiger partial charge in [0.2, 0.25) is 11.8 Å². The molecule has 0 aliphatic heterocycles. The minimum absolute atomic E-state index is 0.118. The molecule has 0 spiro atoms. The second kappa shape index (κ2) is 9.40. The van der Waals surface area contributed by atoms with Gasteiger partial charge in [-0.25, -0.2) is 4.79 Å². The summed E-state index contributed by atoms with van der Waals surface area (Å²) >= 11 is 0. The van der Waals surface area contributed by atoms with Gasteiger partial charge in [0.25, 0.3) is 10.1 Å². The highest BCUT2D eigenvalue weighted by atomic mass is 32.2. The molecule has 0 radical (unpaired) electrons. The SMILES string of the molecule is CC(=O)Nc1c(C)c(NC(C)=O)c(C)c(C(=O)OC(CS(=O)(=O)O)(C(F)(F)F)C(F)(F)F)c1C. The van der Waals surface area contributed by atoms with Gasteiger partial charge in [0.1, 0.15) is 5.75 Å². The molecule has 192 valence electrons. The van der Waals surface area contributed by atoms with Gasteiger partial charge in [-0.15, -0.1) is 0 Å². The fraction of sp³-hybridized carbons (Fsp3) is 0.500. The van der Waals surface area contributed by atoms with Gasteiger partial charge in [0.15, 0.2) is 0 Å². The molecular formula is C18H20F6N2O7S. The molecule has 0 heterocycles. The van der Waals surface area contributed by atoms with E-state index in [9.17, 15) is 49.1 Å². The zero-order valence-electron chi connectivity index (χ0n) is 18.3. The number of anilines is 2. The summed E-state index contributed by atoms with van der Waals surface area (Å²) < 4.78 is 116. The van der Waals surface area contributed by atoms with E-state index >= 15 is 0 Å². The molecule has 9 nitrogen and oxygen atoms in total. The highest BCUT2D eigenvalue weighted by molar-refractivity contribution is 7.85. The average molecular weight is 522 g/mol. The second-order valence-electron chi connectivity index (χ2n) is 7.30. The van der Waals surface area contributed by atoms with E-state index in [0.717, 1.165) is 27.7 Å². The monoisotopic (exact) mass is 522 g/mol. The minimum Gasteiger partial charge on any atom is -0.435 e. The van der Waals surface area contributed by atoms with Crippen molar-refractivity contribution in [2.24, 2.45) is 0 Å². The van der Waals surface area contributed by atoms with E-state index in [1.807, 2.05) is 0 Å². The largest absolute Gasteiger partial charge is 0.438 e. The molecule has 0 bridgehead atoms. The lowest BCUT2D eigenvalue weighted by molar-refractivity contribution is -0.356. The van der Waals surface area contributed by atoms with Gasteiger partial charge in [-0.3, -0.25) is 14.1 Å². The number of hydrogen-bond donors (Lipinski definition) is 3. The molecule has 1 aromatic rings. The maximum atomic E-state index is 13.6. The van der Waals surface area contributed by atoms with Crippen molar-refractivity contribution >= 4 is 39.3 Å². The van der Waals surface area contributed by atoms with Crippen LogP contribution in [0.4, 0.5) is 37.7 Å². The molecule has 0 unspecified atom stereocenters. The number of rotatable bonds is 6. The minimum atomic E-state index is -6.52. The smallest absolute Gasteiger partial charge is 0.435 e. The number of hydrogen-bond acceptors (Lipinski definition) is 6. The number of amides is 2. The first-order valence-electron chi connectivity index (χ1n) is 9.06. The Kier molecular flexibility index (Phi) is 8.06. The van der Waals surface area contributed by atoms with Crippen molar-refractivity contribution in [1.29, 1.82) is 0 Å². The van der Waals surface area contributed by atoms with E-state index in [-0.39, 0.29) is 28.1 Å². The second-order valence-corrected chi connectivity index (χ2v) is 8.75. The van der Waals surface area contributed by atoms with Crippen LogP contribution in [0.1, 0.15) is 40.9 Å². The molecular weight excluding hydrogens is 502 g/mol. The first-order valence-corrected chi connectivity index (χ1v) is 10.7. The maximum absolute atomic E-state index is 13.6. The molecule has 0 atom stereocenters. The zero-order chi connectivity index (χ0) is 27.0. The predicted molar refractivity (Wildman–Crippen MR) is 106 cm³/mol. The van der Waals surface area contributed by atoms with Crippen molar-refractivity contribution < 1.29 is 58.4 Å². The van der Waals surface area contributed by atoms with Crippen LogP contribution in [-0.2, 0) is 24.4 Å². The maximum Gasteiger partial charge on any atom is 0.438 e. The number of esters is 1. The third kappa shape index (κ3) is 5.97. The van der Waals surface area contributed by atoms with Crippen LogP contribution in [0, 0.1) is 20.8 Å². The number of carbonyl (C=O) groups excluding carboxylic acids is 3. The van der Waals surface area contributed by atoms with Crippen molar-refractivity contribution in [3.63, 3.8) is 0 Å². The van der Waals surface area contributed by atoms with Gasteiger partial charge in [-0.05, 0) is 37.5 Å². The van der Waals surface area contributed by atoms with Gasteiger partial charge in [0, 0.05) is 25.2 Å². The number of alkyl halides is 6. The van der Waals surface area contributed by atoms with E-state index in [1.54, 1.807) is 0 Å². The Hall–Kier alpha value is -2.88. The summed E-state index contributed by atoms with van der Waals surface area (Å²) in [6, 6.07) is 0. The summed E-state index contributed by atoms with van der Waals surface area (Å²) in [6.07, 6.45) is -13.0. The van der Waals surface area contributed by atoms with Gasteiger partial charge in [-0.1, -0.05) is 0 Å². The first-order chi connectivity index (χ1) is 15.1. The lowest BCUT2D eigenvalue weighted by atomic mass is 9.94. The third-order valence-corrected chi connectivity index (χ3v) is 5.40. The lowest BCUT2D eigenvalue weighted by Crippen LogP contribution is -2.63. The Morgan fingerprint density at radius 3 is 1.44 bits per heavy atom. The van der Waals surface area contributed by atoms with Crippen LogP contribution in [0.15, 0.2) is 0 Å². The molecule has 0 saturated carbocycles. The van der Waals surface area contributed by atoms with E-state index in [1.165, 1.54) is 6.92 Å². The molecule has 0 aromatic heterocycles. The van der Waals surface area contributed by atoms with Gasteiger partial charge in [0.05, 0.1) is 5.56 Å². The third-order valence-electron chi connectivity index (χ3n) is 4.62. The van der Waals surface area contributed by atoms with E-state index in [0.29, 0.717) is 0 Å². The van der Waals surface area contributed by atoms with Crippen molar-refractivity contribution in [3.8, 4) is 0 Å². The summed E-state index contributed by atoms with van der Waals surface area (Å²) in [5.41, 5.74) is -7.50. The first kappa shape index (κ1) is 29.2.